The number of hydrogen-bond acceptors (Lipinski definition) is 6. The first kappa shape index (κ1) is 13.2. The Morgan fingerprint density at radius 2 is 2.32 bits per heavy atom. The quantitative estimate of drug-likeness (QED) is 0.738. The van der Waals surface area contributed by atoms with E-state index >= 15 is 0 Å². The molecule has 0 aliphatic heterocycles. The van der Waals surface area contributed by atoms with Crippen molar-refractivity contribution in [3.63, 3.8) is 0 Å². The molecule has 0 spiro atoms. The Morgan fingerprint density at radius 1 is 1.47 bits per heavy atom. The van der Waals surface area contributed by atoms with Gasteiger partial charge in [0.2, 0.25) is 0 Å². The van der Waals surface area contributed by atoms with E-state index < -0.39 is 24.5 Å². The zero-order valence-corrected chi connectivity index (χ0v) is 10.5. The number of rotatable bonds is 5. The van der Waals surface area contributed by atoms with E-state index in [1.165, 1.54) is 23.7 Å². The minimum absolute atomic E-state index is 0.217. The van der Waals surface area contributed by atoms with Crippen molar-refractivity contribution in [2.45, 2.75) is 6.04 Å². The Labute approximate surface area is 112 Å². The summed E-state index contributed by atoms with van der Waals surface area (Å²) in [5, 5.41) is 19.2. The van der Waals surface area contributed by atoms with Crippen LogP contribution >= 0.6 is 11.3 Å². The van der Waals surface area contributed by atoms with Gasteiger partial charge in [0.05, 0.1) is 11.5 Å². The van der Waals surface area contributed by atoms with E-state index in [-0.39, 0.29) is 5.82 Å². The molecule has 0 aliphatic rings. The number of carbonyl (C=O) groups is 2. The third-order valence-electron chi connectivity index (χ3n) is 2.24. The first-order chi connectivity index (χ1) is 9.20. The van der Waals surface area contributed by atoms with Gasteiger partial charge in [0.1, 0.15) is 12.3 Å². The lowest BCUT2D eigenvalue weighted by Crippen LogP contribution is -2.46. The highest BCUT2D eigenvalue weighted by Gasteiger charge is 2.21. The molecule has 2 aromatic heterocycles. The third kappa shape index (κ3) is 3.39. The lowest BCUT2D eigenvalue weighted by molar-refractivity contribution is -0.118. The number of aromatic nitrogens is 1. The predicted molar refractivity (Wildman–Crippen MR) is 67.8 cm³/mol. The molecular weight excluding hydrogens is 270 g/mol. The number of thiophene rings is 1. The Morgan fingerprint density at radius 3 is 2.89 bits per heavy atom. The van der Waals surface area contributed by atoms with Gasteiger partial charge in [-0.25, -0.2) is 0 Å². The SMILES string of the molecule is O=C(N[C@@H](CO)C(=O)Nc1ccon1)c1cccs1. The van der Waals surface area contributed by atoms with E-state index in [1.807, 2.05) is 0 Å². The molecule has 0 fully saturated rings. The fraction of sp³-hybridized carbons (Fsp3) is 0.182. The molecule has 0 aromatic carbocycles. The first-order valence-corrected chi connectivity index (χ1v) is 6.25. The number of nitrogens with one attached hydrogen (secondary N) is 2. The van der Waals surface area contributed by atoms with Gasteiger partial charge in [0, 0.05) is 6.07 Å². The summed E-state index contributed by atoms with van der Waals surface area (Å²) < 4.78 is 4.56. The van der Waals surface area contributed by atoms with Crippen LogP contribution in [0.1, 0.15) is 9.67 Å². The molecule has 7 nitrogen and oxygen atoms in total. The lowest BCUT2D eigenvalue weighted by atomic mass is 10.2. The van der Waals surface area contributed by atoms with Crippen LogP contribution in [0.2, 0.25) is 0 Å². The smallest absolute Gasteiger partial charge is 0.262 e. The van der Waals surface area contributed by atoms with Gasteiger partial charge in [-0.1, -0.05) is 11.2 Å². The summed E-state index contributed by atoms with van der Waals surface area (Å²) in [6.45, 7) is -0.513. The molecule has 0 bridgehead atoms. The molecule has 19 heavy (non-hydrogen) atoms. The molecule has 0 unspecified atom stereocenters. The molecule has 0 saturated heterocycles. The van der Waals surface area contributed by atoms with Gasteiger partial charge >= 0.3 is 0 Å². The largest absolute Gasteiger partial charge is 0.394 e. The summed E-state index contributed by atoms with van der Waals surface area (Å²) >= 11 is 1.25. The van der Waals surface area contributed by atoms with E-state index in [2.05, 4.69) is 20.3 Å². The monoisotopic (exact) mass is 281 g/mol. The number of nitrogens with zero attached hydrogens (tertiary/aromatic N) is 1. The van der Waals surface area contributed by atoms with Gasteiger partial charge in [-0.05, 0) is 11.4 Å². The van der Waals surface area contributed by atoms with Crippen LogP contribution in [0.4, 0.5) is 5.82 Å². The highest BCUT2D eigenvalue weighted by Crippen LogP contribution is 2.08. The van der Waals surface area contributed by atoms with Gasteiger partial charge in [-0.2, -0.15) is 0 Å². The number of anilines is 1. The van der Waals surface area contributed by atoms with E-state index in [0.717, 1.165) is 0 Å². The molecule has 0 radical (unpaired) electrons. The van der Waals surface area contributed by atoms with Crippen molar-refractivity contribution in [1.82, 2.24) is 10.5 Å². The highest BCUT2D eigenvalue weighted by molar-refractivity contribution is 7.12. The fourth-order valence-corrected chi connectivity index (χ4v) is 1.95. The normalized spacial score (nSPS) is 11.8. The molecule has 0 saturated carbocycles. The average Bonchev–Trinajstić information content (AvgIpc) is 3.07. The standard InChI is InChI=1S/C11H11N3O4S/c15-6-7(10(16)13-9-3-4-18-14-9)12-11(17)8-2-1-5-19-8/h1-5,7,15H,6H2,(H,12,17)(H,13,14,16)/t7-/m0/s1. The molecule has 2 heterocycles. The van der Waals surface area contributed by atoms with E-state index in [1.54, 1.807) is 17.5 Å². The van der Waals surface area contributed by atoms with Crippen molar-refractivity contribution in [1.29, 1.82) is 0 Å². The van der Waals surface area contributed by atoms with Crippen LogP contribution < -0.4 is 10.6 Å². The molecule has 2 aromatic rings. The third-order valence-corrected chi connectivity index (χ3v) is 3.11. The second kappa shape index (κ2) is 6.12. The number of amides is 2. The molecule has 100 valence electrons. The fourth-order valence-electron chi connectivity index (χ4n) is 1.32. The first-order valence-electron chi connectivity index (χ1n) is 5.37. The van der Waals surface area contributed by atoms with Gasteiger partial charge < -0.3 is 20.3 Å². The molecule has 0 aliphatic carbocycles. The van der Waals surface area contributed by atoms with Gasteiger partial charge in [0.15, 0.2) is 5.82 Å². The predicted octanol–water partition coefficient (Wildman–Crippen LogP) is 0.465. The Bertz CT molecular complexity index is 538. The van der Waals surface area contributed by atoms with Crippen LogP contribution in [-0.2, 0) is 4.79 Å². The zero-order chi connectivity index (χ0) is 13.7. The number of carbonyl (C=O) groups excluding carboxylic acids is 2. The number of hydrogen-bond donors (Lipinski definition) is 3. The van der Waals surface area contributed by atoms with Gasteiger partial charge in [-0.3, -0.25) is 9.59 Å². The maximum Gasteiger partial charge on any atom is 0.262 e. The molecule has 1 atom stereocenters. The van der Waals surface area contributed by atoms with E-state index in [4.69, 9.17) is 5.11 Å². The molecular formula is C11H11N3O4S. The van der Waals surface area contributed by atoms with Crippen LogP contribution in [-0.4, -0.2) is 34.7 Å². The molecule has 2 rings (SSSR count). The average molecular weight is 281 g/mol. The second-order valence-electron chi connectivity index (χ2n) is 3.56. The van der Waals surface area contributed by atoms with E-state index in [9.17, 15) is 9.59 Å². The Hall–Kier alpha value is -2.19. The maximum atomic E-state index is 11.8. The summed E-state index contributed by atoms with van der Waals surface area (Å²) in [5.41, 5.74) is 0. The topological polar surface area (TPSA) is 104 Å². The van der Waals surface area contributed by atoms with Gasteiger partial charge in [0.25, 0.3) is 11.8 Å². The molecule has 2 amide bonds. The van der Waals surface area contributed by atoms with Crippen molar-refractivity contribution < 1.29 is 19.2 Å². The molecule has 8 heteroatoms. The summed E-state index contributed by atoms with van der Waals surface area (Å²) in [7, 11) is 0. The van der Waals surface area contributed by atoms with Crippen molar-refractivity contribution in [3.05, 3.63) is 34.7 Å². The number of aliphatic hydroxyl groups is 1. The van der Waals surface area contributed by atoms with Gasteiger partial charge in [-0.15, -0.1) is 11.3 Å². The van der Waals surface area contributed by atoms with Crippen molar-refractivity contribution in [2.75, 3.05) is 11.9 Å². The van der Waals surface area contributed by atoms with Crippen molar-refractivity contribution in [2.24, 2.45) is 0 Å². The highest BCUT2D eigenvalue weighted by atomic mass is 32.1. The minimum atomic E-state index is -1.05. The van der Waals surface area contributed by atoms with Crippen LogP contribution in [0.25, 0.3) is 0 Å². The van der Waals surface area contributed by atoms with Crippen LogP contribution in [0.15, 0.2) is 34.4 Å². The van der Waals surface area contributed by atoms with E-state index in [0.29, 0.717) is 4.88 Å². The zero-order valence-electron chi connectivity index (χ0n) is 9.70. The van der Waals surface area contributed by atoms with Crippen LogP contribution in [0, 0.1) is 0 Å². The molecule has 3 N–H and O–H groups in total. The second-order valence-corrected chi connectivity index (χ2v) is 4.51. The summed E-state index contributed by atoms with van der Waals surface area (Å²) in [6, 6.07) is 3.76. The Kier molecular flexibility index (Phi) is 4.26. The summed E-state index contributed by atoms with van der Waals surface area (Å²) in [5.74, 6) is -0.764. The Balaban J connectivity index is 1.96. The minimum Gasteiger partial charge on any atom is -0.394 e. The lowest BCUT2D eigenvalue weighted by Gasteiger charge is -2.14. The summed E-state index contributed by atoms with van der Waals surface area (Å²) in [6.07, 6.45) is 1.30. The van der Waals surface area contributed by atoms with Crippen LogP contribution in [0.3, 0.4) is 0 Å². The van der Waals surface area contributed by atoms with Crippen molar-refractivity contribution >= 4 is 29.0 Å². The summed E-state index contributed by atoms with van der Waals surface area (Å²) in [4.78, 5) is 24.0. The maximum absolute atomic E-state index is 11.8. The van der Waals surface area contributed by atoms with Crippen LogP contribution in [0.5, 0.6) is 0 Å². The number of aliphatic hydroxyl groups excluding tert-OH is 1. The van der Waals surface area contributed by atoms with Crippen molar-refractivity contribution in [3.8, 4) is 0 Å².